The Bertz CT molecular complexity index is 320. The first-order chi connectivity index (χ1) is 7.26. The lowest BCUT2D eigenvalue weighted by molar-refractivity contribution is -0.155. The molecule has 0 radical (unpaired) electrons. The maximum absolute atomic E-state index is 11.4. The summed E-state index contributed by atoms with van der Waals surface area (Å²) in [6.45, 7) is 1.87. The molecule has 2 bridgehead atoms. The Morgan fingerprint density at radius 2 is 2.47 bits per heavy atom. The van der Waals surface area contributed by atoms with Gasteiger partial charge in [-0.25, -0.2) is 0 Å². The van der Waals surface area contributed by atoms with Crippen LogP contribution in [0.4, 0.5) is 0 Å². The molecule has 0 amide bonds. The first-order valence-corrected chi connectivity index (χ1v) is 6.12. The summed E-state index contributed by atoms with van der Waals surface area (Å²) in [4.78, 5) is 11.4. The minimum Gasteiger partial charge on any atom is -0.462 e. The molecular formula is C13H18O2. The van der Waals surface area contributed by atoms with Gasteiger partial charge in [-0.2, -0.15) is 0 Å². The van der Waals surface area contributed by atoms with Gasteiger partial charge in [0, 0.05) is 11.8 Å². The standard InChI is InChI=1S/C13H18O2/c1-2-12(14)15-11-8-9-5-7-13(11)6-3-4-10(9)13/h3-4,9-11H,2,5-8H2,1H3. The maximum Gasteiger partial charge on any atom is 0.305 e. The van der Waals surface area contributed by atoms with Gasteiger partial charge in [0.1, 0.15) is 6.10 Å². The van der Waals surface area contributed by atoms with Gasteiger partial charge in [0.25, 0.3) is 0 Å². The highest BCUT2D eigenvalue weighted by Gasteiger charge is 2.60. The number of rotatable bonds is 2. The molecule has 3 aliphatic carbocycles. The summed E-state index contributed by atoms with van der Waals surface area (Å²) in [5, 5.41) is 0. The zero-order valence-electron chi connectivity index (χ0n) is 9.24. The van der Waals surface area contributed by atoms with Gasteiger partial charge < -0.3 is 4.74 Å². The van der Waals surface area contributed by atoms with Crippen LogP contribution in [-0.2, 0) is 9.53 Å². The lowest BCUT2D eigenvalue weighted by Gasteiger charge is -2.33. The number of ether oxygens (including phenoxy) is 1. The smallest absolute Gasteiger partial charge is 0.305 e. The fraction of sp³-hybridized carbons (Fsp3) is 0.769. The van der Waals surface area contributed by atoms with Crippen LogP contribution in [0.15, 0.2) is 12.2 Å². The minimum atomic E-state index is -0.0208. The maximum atomic E-state index is 11.4. The molecule has 0 aliphatic heterocycles. The van der Waals surface area contributed by atoms with Gasteiger partial charge in [0.2, 0.25) is 0 Å². The first kappa shape index (κ1) is 9.44. The highest BCUT2D eigenvalue weighted by Crippen LogP contribution is 2.64. The zero-order chi connectivity index (χ0) is 10.5. The number of hydrogen-bond donors (Lipinski definition) is 0. The van der Waals surface area contributed by atoms with Crippen LogP contribution < -0.4 is 0 Å². The van der Waals surface area contributed by atoms with Crippen LogP contribution in [-0.4, -0.2) is 12.1 Å². The van der Waals surface area contributed by atoms with Crippen LogP contribution in [0, 0.1) is 17.3 Å². The van der Waals surface area contributed by atoms with E-state index in [1.807, 2.05) is 6.92 Å². The summed E-state index contributed by atoms with van der Waals surface area (Å²) in [6, 6.07) is 0. The molecular weight excluding hydrogens is 188 g/mol. The largest absolute Gasteiger partial charge is 0.462 e. The zero-order valence-corrected chi connectivity index (χ0v) is 9.24. The van der Waals surface area contributed by atoms with Crippen LogP contribution >= 0.6 is 0 Å². The lowest BCUT2D eigenvalue weighted by atomic mass is 9.78. The van der Waals surface area contributed by atoms with Crippen LogP contribution in [0.3, 0.4) is 0 Å². The van der Waals surface area contributed by atoms with E-state index in [2.05, 4.69) is 12.2 Å². The molecule has 2 nitrogen and oxygen atoms in total. The first-order valence-electron chi connectivity index (χ1n) is 6.12. The van der Waals surface area contributed by atoms with Gasteiger partial charge in [0.05, 0.1) is 0 Å². The molecule has 4 unspecified atom stereocenters. The second-order valence-electron chi connectivity index (χ2n) is 5.26. The highest BCUT2D eigenvalue weighted by molar-refractivity contribution is 5.69. The van der Waals surface area contributed by atoms with Crippen LogP contribution in [0.25, 0.3) is 0 Å². The van der Waals surface area contributed by atoms with E-state index in [1.165, 1.54) is 12.8 Å². The third kappa shape index (κ3) is 1.14. The Hall–Kier alpha value is -0.790. The van der Waals surface area contributed by atoms with E-state index in [4.69, 9.17) is 4.74 Å². The number of hydrogen-bond acceptors (Lipinski definition) is 2. The van der Waals surface area contributed by atoms with E-state index < -0.39 is 0 Å². The molecule has 0 N–H and O–H groups in total. The molecule has 82 valence electrons. The summed E-state index contributed by atoms with van der Waals surface area (Å²) in [7, 11) is 0. The third-order valence-electron chi connectivity index (χ3n) is 4.71. The second kappa shape index (κ2) is 3.10. The van der Waals surface area contributed by atoms with Crippen LogP contribution in [0.2, 0.25) is 0 Å². The molecule has 0 aromatic heterocycles. The van der Waals surface area contributed by atoms with Crippen LogP contribution in [0.5, 0.6) is 0 Å². The second-order valence-corrected chi connectivity index (χ2v) is 5.26. The number of esters is 1. The van der Waals surface area contributed by atoms with Gasteiger partial charge in [-0.3, -0.25) is 4.79 Å². The van der Waals surface area contributed by atoms with Crippen molar-refractivity contribution in [3.05, 3.63) is 12.2 Å². The molecule has 2 heteroatoms. The van der Waals surface area contributed by atoms with Crippen molar-refractivity contribution < 1.29 is 9.53 Å². The fourth-order valence-corrected chi connectivity index (χ4v) is 3.98. The minimum absolute atomic E-state index is 0.0208. The van der Waals surface area contributed by atoms with Gasteiger partial charge in [-0.15, -0.1) is 0 Å². The summed E-state index contributed by atoms with van der Waals surface area (Å²) in [5.74, 6) is 1.48. The molecule has 0 heterocycles. The van der Waals surface area contributed by atoms with Crippen molar-refractivity contribution in [2.24, 2.45) is 17.3 Å². The molecule has 15 heavy (non-hydrogen) atoms. The van der Waals surface area contributed by atoms with Crippen molar-refractivity contribution in [3.8, 4) is 0 Å². The monoisotopic (exact) mass is 206 g/mol. The van der Waals surface area contributed by atoms with Crippen molar-refractivity contribution in [2.75, 3.05) is 0 Å². The molecule has 0 spiro atoms. The molecule has 3 rings (SSSR count). The van der Waals surface area contributed by atoms with E-state index in [0.29, 0.717) is 17.8 Å². The van der Waals surface area contributed by atoms with Gasteiger partial charge in [-0.05, 0) is 37.5 Å². The molecule has 0 saturated heterocycles. The van der Waals surface area contributed by atoms with E-state index in [0.717, 1.165) is 18.8 Å². The van der Waals surface area contributed by atoms with E-state index in [1.54, 1.807) is 0 Å². The van der Waals surface area contributed by atoms with Crippen molar-refractivity contribution in [3.63, 3.8) is 0 Å². The van der Waals surface area contributed by atoms with E-state index in [-0.39, 0.29) is 12.1 Å². The summed E-state index contributed by atoms with van der Waals surface area (Å²) < 4.78 is 5.62. The van der Waals surface area contributed by atoms with Crippen LogP contribution in [0.1, 0.15) is 39.0 Å². The van der Waals surface area contributed by atoms with Crippen molar-refractivity contribution in [2.45, 2.75) is 45.1 Å². The summed E-state index contributed by atoms with van der Waals surface area (Å²) in [5.41, 5.74) is 0.315. The highest BCUT2D eigenvalue weighted by atomic mass is 16.5. The SMILES string of the molecule is CCC(=O)OC1CC2CCC13CC=CC23. The third-order valence-corrected chi connectivity index (χ3v) is 4.71. The molecule has 2 saturated carbocycles. The molecule has 4 atom stereocenters. The number of carbonyl (C=O) groups excluding carboxylic acids is 1. The Morgan fingerprint density at radius 1 is 1.60 bits per heavy atom. The number of allylic oxidation sites excluding steroid dienone is 2. The lowest BCUT2D eigenvalue weighted by Crippen LogP contribution is -2.35. The summed E-state index contributed by atoms with van der Waals surface area (Å²) in [6.07, 6.45) is 10.2. The Kier molecular flexibility index (Phi) is 1.95. The van der Waals surface area contributed by atoms with Gasteiger partial charge >= 0.3 is 5.97 Å². The molecule has 3 aliphatic rings. The number of carbonyl (C=O) groups is 1. The van der Waals surface area contributed by atoms with Crippen molar-refractivity contribution >= 4 is 5.97 Å². The molecule has 0 aromatic rings. The van der Waals surface area contributed by atoms with Gasteiger partial charge in [0.15, 0.2) is 0 Å². The average Bonchev–Trinajstić information content (AvgIpc) is 2.83. The molecule has 2 fully saturated rings. The Labute approximate surface area is 90.7 Å². The van der Waals surface area contributed by atoms with Gasteiger partial charge in [-0.1, -0.05) is 19.1 Å². The Morgan fingerprint density at radius 3 is 3.27 bits per heavy atom. The predicted octanol–water partition coefficient (Wildman–Crippen LogP) is 2.68. The predicted molar refractivity (Wildman–Crippen MR) is 57.2 cm³/mol. The van der Waals surface area contributed by atoms with E-state index >= 15 is 0 Å². The normalized spacial score (nSPS) is 45.8. The molecule has 0 aromatic carbocycles. The summed E-state index contributed by atoms with van der Waals surface area (Å²) >= 11 is 0. The average molecular weight is 206 g/mol. The Balaban J connectivity index is 1.80. The van der Waals surface area contributed by atoms with Crippen molar-refractivity contribution in [1.29, 1.82) is 0 Å². The quantitative estimate of drug-likeness (QED) is 0.513. The van der Waals surface area contributed by atoms with E-state index in [9.17, 15) is 4.79 Å². The topological polar surface area (TPSA) is 26.3 Å². The van der Waals surface area contributed by atoms with Crippen molar-refractivity contribution in [1.82, 2.24) is 0 Å². The fourth-order valence-electron chi connectivity index (χ4n) is 3.98.